The maximum Gasteiger partial charge on any atom is 0.407 e. The largest absolute Gasteiger partial charge is 0.481 e. The first-order valence-corrected chi connectivity index (χ1v) is 7.19. The minimum atomic E-state index is -0.964. The number of benzene rings is 1. The van der Waals surface area contributed by atoms with Crippen LogP contribution in [-0.4, -0.2) is 28.8 Å². The van der Waals surface area contributed by atoms with Gasteiger partial charge in [-0.05, 0) is 32.8 Å². The van der Waals surface area contributed by atoms with Crippen molar-refractivity contribution in [1.29, 1.82) is 0 Å². The SMILES string of the molecule is CC(C)(C)OC(=O)N[C@@H](C/C=C\c1ccccc1)CC(=O)O. The minimum absolute atomic E-state index is 0.154. The van der Waals surface area contributed by atoms with Crippen LogP contribution in [0.4, 0.5) is 4.79 Å². The molecule has 1 rings (SSSR count). The molecule has 22 heavy (non-hydrogen) atoms. The van der Waals surface area contributed by atoms with E-state index in [4.69, 9.17) is 9.84 Å². The van der Waals surface area contributed by atoms with E-state index in [1.165, 1.54) is 0 Å². The highest BCUT2D eigenvalue weighted by molar-refractivity contribution is 5.71. The third-order valence-electron chi connectivity index (χ3n) is 2.67. The predicted molar refractivity (Wildman–Crippen MR) is 85.5 cm³/mol. The molecule has 0 heterocycles. The normalized spacial score (nSPS) is 12.9. The zero-order valence-corrected chi connectivity index (χ0v) is 13.2. The number of amides is 1. The summed E-state index contributed by atoms with van der Waals surface area (Å²) >= 11 is 0. The Morgan fingerprint density at radius 2 is 1.91 bits per heavy atom. The average molecular weight is 305 g/mol. The van der Waals surface area contributed by atoms with Crippen molar-refractivity contribution in [3.8, 4) is 0 Å². The standard InChI is InChI=1S/C17H23NO4/c1-17(2,3)22-16(21)18-14(12-15(19)20)11-7-10-13-8-5-4-6-9-13/h4-10,14H,11-12H2,1-3H3,(H,18,21)(H,19,20)/b10-7-/t14-/m0/s1. The number of rotatable bonds is 6. The smallest absolute Gasteiger partial charge is 0.407 e. The quantitative estimate of drug-likeness (QED) is 0.844. The number of hydrogen-bond donors (Lipinski definition) is 2. The van der Waals surface area contributed by atoms with Crippen LogP contribution in [0.5, 0.6) is 0 Å². The van der Waals surface area contributed by atoms with Crippen molar-refractivity contribution in [3.05, 3.63) is 42.0 Å². The van der Waals surface area contributed by atoms with E-state index in [0.29, 0.717) is 6.42 Å². The van der Waals surface area contributed by atoms with E-state index in [9.17, 15) is 9.59 Å². The maximum atomic E-state index is 11.7. The number of carbonyl (C=O) groups excluding carboxylic acids is 1. The van der Waals surface area contributed by atoms with E-state index in [0.717, 1.165) is 5.56 Å². The van der Waals surface area contributed by atoms with Crippen LogP contribution in [0.1, 0.15) is 39.2 Å². The summed E-state index contributed by atoms with van der Waals surface area (Å²) in [5, 5.41) is 11.5. The fraction of sp³-hybridized carbons (Fsp3) is 0.412. The molecule has 0 spiro atoms. The average Bonchev–Trinajstić information content (AvgIpc) is 2.36. The lowest BCUT2D eigenvalue weighted by atomic mass is 10.1. The molecule has 2 N–H and O–H groups in total. The second-order valence-corrected chi connectivity index (χ2v) is 5.99. The summed E-state index contributed by atoms with van der Waals surface area (Å²) < 4.78 is 5.15. The summed E-state index contributed by atoms with van der Waals surface area (Å²) in [7, 11) is 0. The molecular weight excluding hydrogens is 282 g/mol. The van der Waals surface area contributed by atoms with Gasteiger partial charge in [0.05, 0.1) is 6.42 Å². The second kappa shape index (κ2) is 8.22. The molecule has 0 fully saturated rings. The van der Waals surface area contributed by atoms with Crippen molar-refractivity contribution in [2.45, 2.75) is 45.3 Å². The molecular formula is C17H23NO4. The van der Waals surface area contributed by atoms with Gasteiger partial charge in [0.25, 0.3) is 0 Å². The van der Waals surface area contributed by atoms with Crippen LogP contribution in [0.25, 0.3) is 6.08 Å². The lowest BCUT2D eigenvalue weighted by Gasteiger charge is -2.22. The molecule has 0 radical (unpaired) electrons. The highest BCUT2D eigenvalue weighted by atomic mass is 16.6. The summed E-state index contributed by atoms with van der Waals surface area (Å²) in [6.45, 7) is 5.27. The molecule has 0 aliphatic carbocycles. The van der Waals surface area contributed by atoms with Crippen LogP contribution >= 0.6 is 0 Å². The van der Waals surface area contributed by atoms with Crippen LogP contribution in [0, 0.1) is 0 Å². The first-order valence-electron chi connectivity index (χ1n) is 7.19. The number of carboxylic acids is 1. The van der Waals surface area contributed by atoms with Gasteiger partial charge in [-0.3, -0.25) is 4.79 Å². The fourth-order valence-electron chi connectivity index (χ4n) is 1.81. The van der Waals surface area contributed by atoms with Gasteiger partial charge in [0, 0.05) is 6.04 Å². The van der Waals surface area contributed by atoms with Crippen molar-refractivity contribution < 1.29 is 19.4 Å². The Balaban J connectivity index is 2.59. The van der Waals surface area contributed by atoms with Gasteiger partial charge in [-0.1, -0.05) is 42.5 Å². The number of carbonyl (C=O) groups is 2. The van der Waals surface area contributed by atoms with Gasteiger partial charge in [-0.15, -0.1) is 0 Å². The van der Waals surface area contributed by atoms with Gasteiger partial charge in [0.1, 0.15) is 5.60 Å². The van der Waals surface area contributed by atoms with Crippen LogP contribution in [0.2, 0.25) is 0 Å². The van der Waals surface area contributed by atoms with Crippen LogP contribution in [0.3, 0.4) is 0 Å². The molecule has 0 saturated carbocycles. The van der Waals surface area contributed by atoms with Crippen LogP contribution < -0.4 is 5.32 Å². The molecule has 0 aromatic heterocycles. The Morgan fingerprint density at radius 1 is 1.27 bits per heavy atom. The number of hydrogen-bond acceptors (Lipinski definition) is 3. The molecule has 5 nitrogen and oxygen atoms in total. The molecule has 1 aromatic carbocycles. The van der Waals surface area contributed by atoms with E-state index in [1.54, 1.807) is 20.8 Å². The van der Waals surface area contributed by atoms with Gasteiger partial charge >= 0.3 is 12.1 Å². The molecule has 120 valence electrons. The monoisotopic (exact) mass is 305 g/mol. The first kappa shape index (κ1) is 17.8. The number of ether oxygens (including phenoxy) is 1. The molecule has 5 heteroatoms. The Labute approximate surface area is 131 Å². The number of aliphatic carboxylic acids is 1. The van der Waals surface area contributed by atoms with Gasteiger partial charge in [-0.2, -0.15) is 0 Å². The minimum Gasteiger partial charge on any atom is -0.481 e. The van der Waals surface area contributed by atoms with Crippen molar-refractivity contribution >= 4 is 18.1 Å². The summed E-state index contributed by atoms with van der Waals surface area (Å²) in [5.41, 5.74) is 0.409. The van der Waals surface area contributed by atoms with Crippen molar-refractivity contribution in [2.24, 2.45) is 0 Å². The Bertz CT molecular complexity index is 517. The third-order valence-corrected chi connectivity index (χ3v) is 2.67. The topological polar surface area (TPSA) is 75.6 Å². The summed E-state index contributed by atoms with van der Waals surface area (Å²) in [5.74, 6) is -0.964. The molecule has 1 amide bonds. The van der Waals surface area contributed by atoms with Gasteiger partial charge in [0.2, 0.25) is 0 Å². The highest BCUT2D eigenvalue weighted by Gasteiger charge is 2.20. The lowest BCUT2D eigenvalue weighted by molar-refractivity contribution is -0.137. The molecule has 0 saturated heterocycles. The second-order valence-electron chi connectivity index (χ2n) is 5.99. The number of nitrogens with one attached hydrogen (secondary N) is 1. The number of alkyl carbamates (subject to hydrolysis) is 1. The van der Waals surface area contributed by atoms with Crippen molar-refractivity contribution in [1.82, 2.24) is 5.32 Å². The van der Waals surface area contributed by atoms with Crippen LogP contribution in [-0.2, 0) is 9.53 Å². The van der Waals surface area contributed by atoms with E-state index >= 15 is 0 Å². The summed E-state index contributed by atoms with van der Waals surface area (Å²) in [4.78, 5) is 22.6. The van der Waals surface area contributed by atoms with E-state index < -0.39 is 23.7 Å². The van der Waals surface area contributed by atoms with E-state index in [1.807, 2.05) is 42.5 Å². The Hall–Kier alpha value is -2.30. The molecule has 1 atom stereocenters. The zero-order valence-electron chi connectivity index (χ0n) is 13.2. The first-order chi connectivity index (χ1) is 10.3. The Kier molecular flexibility index (Phi) is 6.63. The number of carboxylic acid groups (broad SMARTS) is 1. The highest BCUT2D eigenvalue weighted by Crippen LogP contribution is 2.09. The maximum absolute atomic E-state index is 11.7. The lowest BCUT2D eigenvalue weighted by Crippen LogP contribution is -2.40. The van der Waals surface area contributed by atoms with Crippen molar-refractivity contribution in [2.75, 3.05) is 0 Å². The van der Waals surface area contributed by atoms with E-state index in [2.05, 4.69) is 5.32 Å². The summed E-state index contributed by atoms with van der Waals surface area (Å²) in [6, 6.07) is 9.16. The molecule has 0 bridgehead atoms. The van der Waals surface area contributed by atoms with Crippen molar-refractivity contribution in [3.63, 3.8) is 0 Å². The molecule has 1 aromatic rings. The van der Waals surface area contributed by atoms with Gasteiger partial charge in [-0.25, -0.2) is 4.79 Å². The molecule has 0 unspecified atom stereocenters. The van der Waals surface area contributed by atoms with Crippen LogP contribution in [0.15, 0.2) is 36.4 Å². The molecule has 0 aliphatic heterocycles. The van der Waals surface area contributed by atoms with Gasteiger partial charge < -0.3 is 15.2 Å². The predicted octanol–water partition coefficient (Wildman–Crippen LogP) is 3.46. The molecule has 0 aliphatic rings. The Morgan fingerprint density at radius 3 is 2.45 bits per heavy atom. The summed E-state index contributed by atoms with van der Waals surface area (Å²) in [6.07, 6.45) is 3.40. The van der Waals surface area contributed by atoms with E-state index in [-0.39, 0.29) is 6.42 Å². The third kappa shape index (κ3) is 8.09. The fourth-order valence-corrected chi connectivity index (χ4v) is 1.81. The van der Waals surface area contributed by atoms with Gasteiger partial charge in [0.15, 0.2) is 0 Å². The zero-order chi connectivity index (χ0) is 16.6.